The van der Waals surface area contributed by atoms with Crippen molar-refractivity contribution in [2.45, 2.75) is 19.3 Å². The largest absolute Gasteiger partial charge is 0.497 e. The molecule has 0 aliphatic rings. The topological polar surface area (TPSA) is 42.2 Å². The van der Waals surface area contributed by atoms with E-state index >= 15 is 0 Å². The van der Waals surface area contributed by atoms with Crippen LogP contribution in [0, 0.1) is 18.3 Å². The fourth-order valence-electron chi connectivity index (χ4n) is 1.66. The number of halogens is 2. The number of rotatable bonds is 4. The Morgan fingerprint density at radius 1 is 1.29 bits per heavy atom. The van der Waals surface area contributed by atoms with E-state index in [1.807, 2.05) is 0 Å². The Bertz CT molecular complexity index is 453. The maximum absolute atomic E-state index is 13.8. The molecule has 17 heavy (non-hydrogen) atoms. The van der Waals surface area contributed by atoms with Gasteiger partial charge < -0.3 is 9.47 Å². The first-order valence-corrected chi connectivity index (χ1v) is 4.94. The molecule has 0 heterocycles. The lowest BCUT2D eigenvalue weighted by atomic mass is 9.99. The molecule has 0 aromatic heterocycles. The molecule has 92 valence electrons. The molecular weight excluding hydrogens is 228 g/mol. The van der Waals surface area contributed by atoms with E-state index in [9.17, 15) is 8.78 Å². The second kappa shape index (κ2) is 5.00. The summed E-state index contributed by atoms with van der Waals surface area (Å²) in [7, 11) is 2.75. The van der Waals surface area contributed by atoms with Gasteiger partial charge in [-0.15, -0.1) is 0 Å². The first-order chi connectivity index (χ1) is 7.96. The van der Waals surface area contributed by atoms with Gasteiger partial charge >= 0.3 is 0 Å². The van der Waals surface area contributed by atoms with E-state index in [0.29, 0.717) is 11.3 Å². The van der Waals surface area contributed by atoms with Crippen LogP contribution in [0.1, 0.15) is 17.5 Å². The van der Waals surface area contributed by atoms with Gasteiger partial charge in [-0.05, 0) is 18.6 Å². The van der Waals surface area contributed by atoms with Gasteiger partial charge in [0.2, 0.25) is 0 Å². The Labute approximate surface area is 98.6 Å². The molecule has 3 nitrogen and oxygen atoms in total. The average molecular weight is 241 g/mol. The lowest BCUT2D eigenvalue weighted by Gasteiger charge is -2.20. The van der Waals surface area contributed by atoms with Crippen LogP contribution in [0.25, 0.3) is 0 Å². The van der Waals surface area contributed by atoms with E-state index in [4.69, 9.17) is 14.7 Å². The number of hydrogen-bond acceptors (Lipinski definition) is 3. The van der Waals surface area contributed by atoms with Crippen LogP contribution in [-0.4, -0.2) is 14.2 Å². The van der Waals surface area contributed by atoms with Crippen LogP contribution in [0.5, 0.6) is 11.5 Å². The van der Waals surface area contributed by atoms with E-state index in [1.165, 1.54) is 39.3 Å². The summed E-state index contributed by atoms with van der Waals surface area (Å²) >= 11 is 0. The fourth-order valence-corrected chi connectivity index (χ4v) is 1.66. The molecule has 0 saturated heterocycles. The van der Waals surface area contributed by atoms with Gasteiger partial charge in [0.05, 0.1) is 25.9 Å². The summed E-state index contributed by atoms with van der Waals surface area (Å²) in [6.07, 6.45) is -0.878. The van der Waals surface area contributed by atoms with Gasteiger partial charge in [0.1, 0.15) is 17.9 Å². The number of ether oxygens (including phenoxy) is 2. The van der Waals surface area contributed by atoms with Gasteiger partial charge in [-0.3, -0.25) is 0 Å². The molecule has 0 bridgehead atoms. The Hall–Kier alpha value is -1.83. The molecule has 0 N–H and O–H groups in total. The van der Waals surface area contributed by atoms with Crippen molar-refractivity contribution < 1.29 is 18.3 Å². The molecule has 0 aliphatic carbocycles. The lowest BCUT2D eigenvalue weighted by Crippen LogP contribution is -2.15. The minimum atomic E-state index is -3.23. The number of methoxy groups -OCH3 is 2. The molecule has 0 spiro atoms. The summed E-state index contributed by atoms with van der Waals surface area (Å²) in [5.41, 5.74) is 0.0730. The molecule has 0 radical (unpaired) electrons. The van der Waals surface area contributed by atoms with Crippen LogP contribution in [0.2, 0.25) is 0 Å². The predicted octanol–water partition coefficient (Wildman–Crippen LogP) is 3.02. The Kier molecular flexibility index (Phi) is 3.89. The highest BCUT2D eigenvalue weighted by Gasteiger charge is 2.36. The molecule has 0 amide bonds. The van der Waals surface area contributed by atoms with Crippen LogP contribution in [0.15, 0.2) is 12.1 Å². The van der Waals surface area contributed by atoms with Gasteiger partial charge in [0, 0.05) is 6.07 Å². The Balaban J connectivity index is 3.37. The highest BCUT2D eigenvalue weighted by molar-refractivity contribution is 5.48. The smallest absolute Gasteiger partial charge is 0.289 e. The first kappa shape index (κ1) is 13.2. The monoisotopic (exact) mass is 241 g/mol. The van der Waals surface area contributed by atoms with Crippen molar-refractivity contribution in [1.29, 1.82) is 5.26 Å². The van der Waals surface area contributed by atoms with E-state index < -0.39 is 12.3 Å². The maximum atomic E-state index is 13.8. The highest BCUT2D eigenvalue weighted by atomic mass is 19.3. The summed E-state index contributed by atoms with van der Waals surface area (Å²) in [6, 6.07) is 4.35. The zero-order chi connectivity index (χ0) is 13.1. The van der Waals surface area contributed by atoms with Gasteiger partial charge in [0.15, 0.2) is 0 Å². The number of nitrogens with zero attached hydrogens (tertiary/aromatic N) is 1. The van der Waals surface area contributed by atoms with E-state index in [0.717, 1.165) is 0 Å². The van der Waals surface area contributed by atoms with Gasteiger partial charge in [0.25, 0.3) is 5.92 Å². The van der Waals surface area contributed by atoms with Crippen LogP contribution in [0.3, 0.4) is 0 Å². The molecule has 0 atom stereocenters. The van der Waals surface area contributed by atoms with E-state index in [1.54, 1.807) is 0 Å². The minimum absolute atomic E-state index is 0.0297. The van der Waals surface area contributed by atoms with Gasteiger partial charge in [-0.1, -0.05) is 0 Å². The Morgan fingerprint density at radius 2 is 1.94 bits per heavy atom. The highest BCUT2D eigenvalue weighted by Crippen LogP contribution is 2.41. The summed E-state index contributed by atoms with van der Waals surface area (Å²) in [4.78, 5) is 0. The molecule has 0 fully saturated rings. The molecule has 1 rings (SSSR count). The van der Waals surface area contributed by atoms with E-state index in [-0.39, 0.29) is 11.3 Å². The van der Waals surface area contributed by atoms with Crippen LogP contribution in [0.4, 0.5) is 8.78 Å². The molecule has 0 saturated carbocycles. The average Bonchev–Trinajstić information content (AvgIpc) is 2.27. The Morgan fingerprint density at radius 3 is 2.41 bits per heavy atom. The number of nitriles is 1. The zero-order valence-corrected chi connectivity index (χ0v) is 9.88. The summed E-state index contributed by atoms with van der Waals surface area (Å²) < 4.78 is 37.4. The predicted molar refractivity (Wildman–Crippen MR) is 58.4 cm³/mol. The lowest BCUT2D eigenvalue weighted by molar-refractivity contribution is -0.00195. The third-order valence-corrected chi connectivity index (χ3v) is 2.40. The van der Waals surface area contributed by atoms with Crippen LogP contribution in [-0.2, 0) is 5.92 Å². The van der Waals surface area contributed by atoms with Crippen molar-refractivity contribution in [2.24, 2.45) is 0 Å². The SMILES string of the molecule is COc1cc(C)c(C(F)(F)CC#N)c(OC)c1. The fraction of sp³-hybridized carbons (Fsp3) is 0.417. The van der Waals surface area contributed by atoms with Crippen LogP contribution < -0.4 is 9.47 Å². The minimum Gasteiger partial charge on any atom is -0.497 e. The van der Waals surface area contributed by atoms with Crippen molar-refractivity contribution in [1.82, 2.24) is 0 Å². The zero-order valence-electron chi connectivity index (χ0n) is 9.88. The third kappa shape index (κ3) is 2.64. The van der Waals surface area contributed by atoms with Crippen molar-refractivity contribution in [3.8, 4) is 17.6 Å². The number of aryl methyl sites for hydroxylation is 1. The molecule has 1 aromatic rings. The second-order valence-corrected chi connectivity index (χ2v) is 3.56. The molecule has 1 aromatic carbocycles. The van der Waals surface area contributed by atoms with E-state index in [2.05, 4.69) is 0 Å². The van der Waals surface area contributed by atoms with Gasteiger partial charge in [-0.25, -0.2) is 8.78 Å². The number of alkyl halides is 2. The van der Waals surface area contributed by atoms with Crippen molar-refractivity contribution in [2.75, 3.05) is 14.2 Å². The van der Waals surface area contributed by atoms with Crippen LogP contribution >= 0.6 is 0 Å². The normalized spacial score (nSPS) is 10.8. The van der Waals surface area contributed by atoms with Crippen molar-refractivity contribution in [3.63, 3.8) is 0 Å². The maximum Gasteiger partial charge on any atom is 0.289 e. The first-order valence-electron chi connectivity index (χ1n) is 4.94. The number of hydrogen-bond donors (Lipinski definition) is 0. The summed E-state index contributed by atoms with van der Waals surface area (Å²) in [5, 5.41) is 8.42. The summed E-state index contributed by atoms with van der Waals surface area (Å²) in [5.74, 6) is -2.76. The molecule has 0 unspecified atom stereocenters. The number of benzene rings is 1. The molecular formula is C12H13F2NO2. The molecule has 0 aliphatic heterocycles. The summed E-state index contributed by atoms with van der Waals surface area (Å²) in [6.45, 7) is 1.53. The quantitative estimate of drug-likeness (QED) is 0.813. The third-order valence-electron chi connectivity index (χ3n) is 2.40. The van der Waals surface area contributed by atoms with Crippen molar-refractivity contribution >= 4 is 0 Å². The van der Waals surface area contributed by atoms with Crippen molar-refractivity contribution in [3.05, 3.63) is 23.3 Å². The van der Waals surface area contributed by atoms with Gasteiger partial charge in [-0.2, -0.15) is 5.26 Å². The molecule has 5 heteroatoms. The second-order valence-electron chi connectivity index (χ2n) is 3.56. The standard InChI is InChI=1S/C12H13F2NO2/c1-8-6-9(16-2)7-10(17-3)11(8)12(13,14)4-5-15/h6-7H,4H2,1-3H3.